The Morgan fingerprint density at radius 3 is 2.85 bits per heavy atom. The molecule has 108 valence electrons. The fourth-order valence-electron chi connectivity index (χ4n) is 1.62. The van der Waals surface area contributed by atoms with Gasteiger partial charge in [0.2, 0.25) is 17.8 Å². The number of nitrogens with two attached hydrogens (primary N) is 1. The summed E-state index contributed by atoms with van der Waals surface area (Å²) in [6.45, 7) is 2.12. The summed E-state index contributed by atoms with van der Waals surface area (Å²) in [6, 6.07) is 0.300. The van der Waals surface area contributed by atoms with E-state index >= 15 is 0 Å². The summed E-state index contributed by atoms with van der Waals surface area (Å²) in [5, 5.41) is 0. The van der Waals surface area contributed by atoms with Crippen LogP contribution in [0.25, 0.3) is 5.95 Å². The highest BCUT2D eigenvalue weighted by atomic mass is 32.2. The number of aromatic nitrogens is 5. The van der Waals surface area contributed by atoms with Crippen molar-refractivity contribution in [3.8, 4) is 5.95 Å². The first-order valence-corrected chi connectivity index (χ1v) is 7.48. The lowest BCUT2D eigenvalue weighted by atomic mass is 10.3. The van der Waals surface area contributed by atoms with Crippen molar-refractivity contribution >= 4 is 23.7 Å². The molecule has 0 saturated heterocycles. The minimum atomic E-state index is 0.300. The van der Waals surface area contributed by atoms with Gasteiger partial charge in [0.05, 0.1) is 0 Å². The molecule has 2 aromatic rings. The van der Waals surface area contributed by atoms with E-state index in [1.165, 1.54) is 0 Å². The van der Waals surface area contributed by atoms with E-state index < -0.39 is 0 Å². The molecule has 0 aromatic carbocycles. The van der Waals surface area contributed by atoms with Gasteiger partial charge in [-0.3, -0.25) is 9.99 Å². The van der Waals surface area contributed by atoms with E-state index in [0.717, 1.165) is 5.75 Å². The molecule has 8 nitrogen and oxygen atoms in total. The highest BCUT2D eigenvalue weighted by molar-refractivity contribution is 7.98. The van der Waals surface area contributed by atoms with Gasteiger partial charge in [0.15, 0.2) is 0 Å². The number of nitrogen functional groups attached to an aromatic ring is 1. The van der Waals surface area contributed by atoms with Gasteiger partial charge in [-0.05, 0) is 13.2 Å². The second-order valence-corrected chi connectivity index (χ2v) is 5.20. The van der Waals surface area contributed by atoms with Gasteiger partial charge in [-0.1, -0.05) is 0 Å². The number of imidazole rings is 1. The molecule has 2 heterocycles. The van der Waals surface area contributed by atoms with Crippen LogP contribution in [0.15, 0.2) is 18.7 Å². The molecule has 0 aliphatic rings. The molecule has 0 aliphatic carbocycles. The van der Waals surface area contributed by atoms with Crippen molar-refractivity contribution < 1.29 is 0 Å². The van der Waals surface area contributed by atoms with E-state index in [4.69, 9.17) is 5.84 Å². The number of hydrazine groups is 1. The molecule has 3 N–H and O–H groups in total. The van der Waals surface area contributed by atoms with Crippen LogP contribution in [0.4, 0.5) is 11.9 Å². The van der Waals surface area contributed by atoms with Crippen molar-refractivity contribution in [3.05, 3.63) is 18.7 Å². The number of anilines is 2. The van der Waals surface area contributed by atoms with Crippen molar-refractivity contribution in [2.45, 2.75) is 13.0 Å². The fourth-order valence-corrected chi connectivity index (χ4v) is 2.33. The first-order valence-electron chi connectivity index (χ1n) is 6.08. The Bertz CT molecular complexity index is 543. The van der Waals surface area contributed by atoms with Crippen molar-refractivity contribution in [1.82, 2.24) is 24.5 Å². The maximum atomic E-state index is 5.43. The smallest absolute Gasteiger partial charge is 0.243 e. The van der Waals surface area contributed by atoms with E-state index in [2.05, 4.69) is 38.5 Å². The van der Waals surface area contributed by atoms with Gasteiger partial charge in [0, 0.05) is 31.2 Å². The first kappa shape index (κ1) is 14.5. The van der Waals surface area contributed by atoms with E-state index in [1.54, 1.807) is 35.0 Å². The van der Waals surface area contributed by atoms with Gasteiger partial charge in [-0.15, -0.1) is 0 Å². The molecule has 0 bridgehead atoms. The zero-order chi connectivity index (χ0) is 14.5. The van der Waals surface area contributed by atoms with Crippen molar-refractivity contribution in [2.24, 2.45) is 5.84 Å². The predicted molar refractivity (Wildman–Crippen MR) is 81.0 cm³/mol. The van der Waals surface area contributed by atoms with Crippen LogP contribution in [0, 0.1) is 0 Å². The maximum absolute atomic E-state index is 5.43. The second-order valence-electron chi connectivity index (χ2n) is 4.29. The van der Waals surface area contributed by atoms with E-state index in [1.807, 2.05) is 11.9 Å². The second kappa shape index (κ2) is 6.53. The van der Waals surface area contributed by atoms with Gasteiger partial charge in [-0.25, -0.2) is 10.8 Å². The molecular formula is C11H18N8S. The third-order valence-electron chi connectivity index (χ3n) is 2.86. The monoisotopic (exact) mass is 294 g/mol. The minimum absolute atomic E-state index is 0.300. The topological polar surface area (TPSA) is 97.8 Å². The average molecular weight is 294 g/mol. The highest BCUT2D eigenvalue weighted by Gasteiger charge is 2.15. The zero-order valence-electron chi connectivity index (χ0n) is 11.7. The molecular weight excluding hydrogens is 276 g/mol. The number of hydrogen-bond donors (Lipinski definition) is 2. The van der Waals surface area contributed by atoms with Crippen LogP contribution in [0.1, 0.15) is 6.92 Å². The molecule has 0 radical (unpaired) electrons. The summed E-state index contributed by atoms with van der Waals surface area (Å²) in [4.78, 5) is 18.9. The third-order valence-corrected chi connectivity index (χ3v) is 3.68. The molecule has 9 heteroatoms. The number of nitrogens with one attached hydrogen (secondary N) is 1. The van der Waals surface area contributed by atoms with Gasteiger partial charge in [0.25, 0.3) is 0 Å². The van der Waals surface area contributed by atoms with Crippen LogP contribution in [0.2, 0.25) is 0 Å². The van der Waals surface area contributed by atoms with Crippen molar-refractivity contribution in [3.63, 3.8) is 0 Å². The predicted octanol–water partition coefficient (Wildman–Crippen LogP) is 0.531. The van der Waals surface area contributed by atoms with Gasteiger partial charge in [0.1, 0.15) is 6.33 Å². The molecule has 0 aliphatic heterocycles. The Labute approximate surface area is 121 Å². The number of thioether (sulfide) groups is 1. The molecule has 2 aromatic heterocycles. The Morgan fingerprint density at radius 1 is 1.45 bits per heavy atom. The molecule has 0 spiro atoms. The van der Waals surface area contributed by atoms with E-state index in [0.29, 0.717) is 23.9 Å². The van der Waals surface area contributed by atoms with Crippen molar-refractivity contribution in [2.75, 3.05) is 29.4 Å². The highest BCUT2D eigenvalue weighted by Crippen LogP contribution is 2.15. The van der Waals surface area contributed by atoms with E-state index in [9.17, 15) is 0 Å². The van der Waals surface area contributed by atoms with Crippen LogP contribution in [-0.4, -0.2) is 49.6 Å². The average Bonchev–Trinajstić information content (AvgIpc) is 3.00. The van der Waals surface area contributed by atoms with Crippen LogP contribution < -0.4 is 16.2 Å². The van der Waals surface area contributed by atoms with Gasteiger partial charge < -0.3 is 4.90 Å². The van der Waals surface area contributed by atoms with Crippen LogP contribution in [0.3, 0.4) is 0 Å². The molecule has 0 saturated carbocycles. The lowest BCUT2D eigenvalue weighted by Gasteiger charge is -2.24. The lowest BCUT2D eigenvalue weighted by molar-refractivity contribution is 0.728. The van der Waals surface area contributed by atoms with Crippen LogP contribution >= 0.6 is 11.8 Å². The number of nitrogens with zero attached hydrogens (tertiary/aromatic N) is 6. The van der Waals surface area contributed by atoms with Gasteiger partial charge >= 0.3 is 0 Å². The maximum Gasteiger partial charge on any atom is 0.243 e. The third kappa shape index (κ3) is 3.17. The summed E-state index contributed by atoms with van der Waals surface area (Å²) >= 11 is 1.78. The van der Waals surface area contributed by atoms with Crippen LogP contribution in [0.5, 0.6) is 0 Å². The van der Waals surface area contributed by atoms with E-state index in [-0.39, 0.29) is 0 Å². The molecule has 20 heavy (non-hydrogen) atoms. The van der Waals surface area contributed by atoms with Gasteiger partial charge in [-0.2, -0.15) is 26.7 Å². The Morgan fingerprint density at radius 2 is 2.25 bits per heavy atom. The summed E-state index contributed by atoms with van der Waals surface area (Å²) < 4.78 is 1.71. The lowest BCUT2D eigenvalue weighted by Crippen LogP contribution is -2.33. The number of hydrogen-bond acceptors (Lipinski definition) is 8. The Balaban J connectivity index is 2.35. The minimum Gasteiger partial charge on any atom is -0.340 e. The number of rotatable bonds is 6. The van der Waals surface area contributed by atoms with Crippen LogP contribution in [-0.2, 0) is 0 Å². The molecule has 2 rings (SSSR count). The summed E-state index contributed by atoms with van der Waals surface area (Å²) in [5.74, 6) is 7.77. The molecule has 0 amide bonds. The normalized spacial score (nSPS) is 12.2. The Kier molecular flexibility index (Phi) is 4.74. The molecule has 1 atom stereocenters. The molecule has 1 unspecified atom stereocenters. The SMILES string of the molecule is CSCC(C)N(C)c1nc(NN)nc(-n2ccnc2)n1. The largest absolute Gasteiger partial charge is 0.340 e. The summed E-state index contributed by atoms with van der Waals surface area (Å²) in [5.41, 5.74) is 2.47. The standard InChI is InChI=1S/C11H18N8S/c1-8(6-20-3)18(2)10-14-9(17-12)15-11(16-10)19-5-4-13-7-19/h4-5,7-8H,6,12H2,1-3H3,(H,14,15,16,17). The Hall–Kier alpha value is -1.87. The van der Waals surface area contributed by atoms with Crippen molar-refractivity contribution in [1.29, 1.82) is 0 Å². The molecule has 0 fully saturated rings. The summed E-state index contributed by atoms with van der Waals surface area (Å²) in [7, 11) is 1.95. The summed E-state index contributed by atoms with van der Waals surface area (Å²) in [6.07, 6.45) is 7.13. The zero-order valence-corrected chi connectivity index (χ0v) is 12.5. The fraction of sp³-hybridized carbons (Fsp3) is 0.455. The quantitative estimate of drug-likeness (QED) is 0.588. The first-order chi connectivity index (χ1) is 9.65.